The van der Waals surface area contributed by atoms with Gasteiger partial charge in [-0.25, -0.2) is 4.98 Å². The topological polar surface area (TPSA) is 88.3 Å². The van der Waals surface area contributed by atoms with Crippen molar-refractivity contribution >= 4 is 29.2 Å². The van der Waals surface area contributed by atoms with Crippen LogP contribution in [0.1, 0.15) is 33.1 Å². The maximum atomic E-state index is 12.4. The van der Waals surface area contributed by atoms with Gasteiger partial charge in [-0.2, -0.15) is 0 Å². The first-order valence-corrected chi connectivity index (χ1v) is 8.71. The largest absolute Gasteiger partial charge is 0.341 e. The van der Waals surface area contributed by atoms with Crippen molar-refractivity contribution in [2.24, 2.45) is 17.6 Å². The third kappa shape index (κ3) is 5.18. The standard InChI is InChI=1S/C17H25ClN4O2/c1-11(2)8-14(19)17(24)22-7-3-4-12(10-22)16(23)21-15-6-5-13(18)9-20-15/h5-6,9,11-12,14H,3-4,7-8,10,19H2,1-2H3,(H,20,21,23)/t12?,14-/m0/s1. The SMILES string of the molecule is CC(C)C[C@H](N)C(=O)N1CCCC(C(=O)Nc2ccc(Cl)cn2)C1. The summed E-state index contributed by atoms with van der Waals surface area (Å²) in [6.07, 6.45) is 3.69. The van der Waals surface area contributed by atoms with Gasteiger partial charge in [-0.05, 0) is 37.3 Å². The molecule has 24 heavy (non-hydrogen) atoms. The molecule has 0 radical (unpaired) electrons. The Balaban J connectivity index is 1.93. The molecule has 2 atom stereocenters. The minimum Gasteiger partial charge on any atom is -0.341 e. The summed E-state index contributed by atoms with van der Waals surface area (Å²) in [5.74, 6) is 0.394. The van der Waals surface area contributed by atoms with E-state index in [1.807, 2.05) is 13.8 Å². The maximum absolute atomic E-state index is 12.4. The van der Waals surface area contributed by atoms with E-state index in [-0.39, 0.29) is 17.7 Å². The Morgan fingerprint density at radius 3 is 2.83 bits per heavy atom. The molecule has 1 aliphatic rings. The van der Waals surface area contributed by atoms with E-state index in [2.05, 4.69) is 10.3 Å². The second-order valence-electron chi connectivity index (χ2n) is 6.71. The zero-order valence-electron chi connectivity index (χ0n) is 14.2. The second kappa shape index (κ2) is 8.44. The van der Waals surface area contributed by atoms with Crippen LogP contribution in [0.2, 0.25) is 5.02 Å². The average Bonchev–Trinajstić information content (AvgIpc) is 2.55. The van der Waals surface area contributed by atoms with Gasteiger partial charge in [0.25, 0.3) is 0 Å². The number of nitrogens with two attached hydrogens (primary N) is 1. The summed E-state index contributed by atoms with van der Waals surface area (Å²) in [5.41, 5.74) is 5.99. The van der Waals surface area contributed by atoms with Crippen molar-refractivity contribution in [3.63, 3.8) is 0 Å². The summed E-state index contributed by atoms with van der Waals surface area (Å²) >= 11 is 5.79. The molecule has 7 heteroatoms. The van der Waals surface area contributed by atoms with Crippen LogP contribution >= 0.6 is 11.6 Å². The van der Waals surface area contributed by atoms with Crippen LogP contribution < -0.4 is 11.1 Å². The van der Waals surface area contributed by atoms with Crippen molar-refractivity contribution in [1.29, 1.82) is 0 Å². The zero-order valence-corrected chi connectivity index (χ0v) is 14.9. The van der Waals surface area contributed by atoms with Crippen LogP contribution in [0, 0.1) is 11.8 Å². The van der Waals surface area contributed by atoms with Crippen LogP contribution in [0.25, 0.3) is 0 Å². The van der Waals surface area contributed by atoms with Crippen LogP contribution in [0.15, 0.2) is 18.3 Å². The lowest BCUT2D eigenvalue weighted by atomic mass is 9.95. The lowest BCUT2D eigenvalue weighted by Crippen LogP contribution is -2.50. The van der Waals surface area contributed by atoms with Crippen LogP contribution in [0.5, 0.6) is 0 Å². The lowest BCUT2D eigenvalue weighted by Gasteiger charge is -2.33. The summed E-state index contributed by atoms with van der Waals surface area (Å²) in [7, 11) is 0. The number of aromatic nitrogens is 1. The first-order chi connectivity index (χ1) is 11.4. The number of piperidine rings is 1. The Morgan fingerprint density at radius 2 is 2.21 bits per heavy atom. The van der Waals surface area contributed by atoms with E-state index in [0.717, 1.165) is 12.8 Å². The van der Waals surface area contributed by atoms with Crippen LogP contribution in [-0.2, 0) is 9.59 Å². The minimum absolute atomic E-state index is 0.0641. The molecule has 2 amide bonds. The number of amides is 2. The zero-order chi connectivity index (χ0) is 17.7. The molecule has 1 aromatic heterocycles. The lowest BCUT2D eigenvalue weighted by molar-refractivity contribution is -0.136. The molecule has 1 unspecified atom stereocenters. The molecule has 1 saturated heterocycles. The fraction of sp³-hybridized carbons (Fsp3) is 0.588. The van der Waals surface area contributed by atoms with Gasteiger partial charge in [-0.15, -0.1) is 0 Å². The summed E-state index contributed by atoms with van der Waals surface area (Å²) in [6.45, 7) is 5.15. The molecule has 0 saturated carbocycles. The van der Waals surface area contributed by atoms with Crippen LogP contribution in [0.3, 0.4) is 0 Å². The number of nitrogens with zero attached hydrogens (tertiary/aromatic N) is 2. The molecule has 0 aromatic carbocycles. The molecule has 0 spiro atoms. The Morgan fingerprint density at radius 1 is 1.46 bits per heavy atom. The molecule has 132 valence electrons. The molecule has 0 bridgehead atoms. The van der Waals surface area contributed by atoms with Crippen molar-refractivity contribution in [3.8, 4) is 0 Å². The molecular weight excluding hydrogens is 328 g/mol. The summed E-state index contributed by atoms with van der Waals surface area (Å²) < 4.78 is 0. The van der Waals surface area contributed by atoms with Crippen LogP contribution in [0.4, 0.5) is 5.82 Å². The molecule has 1 aromatic rings. The Labute approximate surface area is 147 Å². The Hall–Kier alpha value is -1.66. The van der Waals surface area contributed by atoms with Gasteiger partial charge in [-0.3, -0.25) is 9.59 Å². The number of halogens is 1. The first-order valence-electron chi connectivity index (χ1n) is 8.33. The predicted octanol–water partition coefficient (Wildman–Crippen LogP) is 2.29. The molecule has 1 aliphatic heterocycles. The van der Waals surface area contributed by atoms with Crippen molar-refractivity contribution in [2.45, 2.75) is 39.2 Å². The summed E-state index contributed by atoms with van der Waals surface area (Å²) in [4.78, 5) is 30.6. The van der Waals surface area contributed by atoms with Gasteiger partial charge < -0.3 is 16.0 Å². The normalized spacial score (nSPS) is 19.2. The smallest absolute Gasteiger partial charge is 0.239 e. The van der Waals surface area contributed by atoms with E-state index >= 15 is 0 Å². The third-order valence-corrected chi connectivity index (χ3v) is 4.35. The van der Waals surface area contributed by atoms with Crippen molar-refractivity contribution in [1.82, 2.24) is 9.88 Å². The summed E-state index contributed by atoms with van der Waals surface area (Å²) in [5, 5.41) is 3.30. The van der Waals surface area contributed by atoms with Gasteiger partial charge in [-0.1, -0.05) is 25.4 Å². The maximum Gasteiger partial charge on any atom is 0.239 e. The quantitative estimate of drug-likeness (QED) is 0.850. The Kier molecular flexibility index (Phi) is 6.57. The van der Waals surface area contributed by atoms with Gasteiger partial charge in [0.2, 0.25) is 11.8 Å². The van der Waals surface area contributed by atoms with E-state index in [1.54, 1.807) is 17.0 Å². The molecule has 2 heterocycles. The van der Waals surface area contributed by atoms with Gasteiger partial charge in [0.1, 0.15) is 5.82 Å². The monoisotopic (exact) mass is 352 g/mol. The number of carbonyl (C=O) groups excluding carboxylic acids is 2. The molecular formula is C17H25ClN4O2. The number of anilines is 1. The Bertz CT molecular complexity index is 576. The molecule has 1 fully saturated rings. The number of nitrogens with one attached hydrogen (secondary N) is 1. The van der Waals surface area contributed by atoms with Crippen LogP contribution in [-0.4, -0.2) is 40.8 Å². The molecule has 6 nitrogen and oxygen atoms in total. The summed E-state index contributed by atoms with van der Waals surface area (Å²) in [6, 6.07) is 2.83. The van der Waals surface area contributed by atoms with Gasteiger partial charge in [0, 0.05) is 19.3 Å². The van der Waals surface area contributed by atoms with Gasteiger partial charge in [0.05, 0.1) is 17.0 Å². The third-order valence-electron chi connectivity index (χ3n) is 4.13. The second-order valence-corrected chi connectivity index (χ2v) is 7.15. The van der Waals surface area contributed by atoms with E-state index in [1.165, 1.54) is 6.20 Å². The van der Waals surface area contributed by atoms with E-state index < -0.39 is 6.04 Å². The number of carbonyl (C=O) groups is 2. The fourth-order valence-corrected chi connectivity index (χ4v) is 3.02. The van der Waals surface area contributed by atoms with Crippen molar-refractivity contribution in [3.05, 3.63) is 23.4 Å². The number of pyridine rings is 1. The predicted molar refractivity (Wildman–Crippen MR) is 94.6 cm³/mol. The number of hydrogen-bond acceptors (Lipinski definition) is 4. The van der Waals surface area contributed by atoms with E-state index in [9.17, 15) is 9.59 Å². The highest BCUT2D eigenvalue weighted by Crippen LogP contribution is 2.20. The highest BCUT2D eigenvalue weighted by molar-refractivity contribution is 6.30. The number of hydrogen-bond donors (Lipinski definition) is 2. The van der Waals surface area contributed by atoms with E-state index in [4.69, 9.17) is 17.3 Å². The van der Waals surface area contributed by atoms with Gasteiger partial charge in [0.15, 0.2) is 0 Å². The fourth-order valence-electron chi connectivity index (χ4n) is 2.91. The highest BCUT2D eigenvalue weighted by atomic mass is 35.5. The first kappa shape index (κ1) is 18.7. The average molecular weight is 353 g/mol. The number of rotatable bonds is 5. The molecule has 3 N–H and O–H groups in total. The molecule has 2 rings (SSSR count). The van der Waals surface area contributed by atoms with Crippen molar-refractivity contribution in [2.75, 3.05) is 18.4 Å². The van der Waals surface area contributed by atoms with E-state index in [0.29, 0.717) is 36.3 Å². The molecule has 0 aliphatic carbocycles. The highest BCUT2D eigenvalue weighted by Gasteiger charge is 2.30. The van der Waals surface area contributed by atoms with Crippen molar-refractivity contribution < 1.29 is 9.59 Å². The minimum atomic E-state index is -0.496. The number of likely N-dealkylation sites (tertiary alicyclic amines) is 1. The van der Waals surface area contributed by atoms with Gasteiger partial charge >= 0.3 is 0 Å².